The van der Waals surface area contributed by atoms with Crippen molar-refractivity contribution in [2.24, 2.45) is 0 Å². The Labute approximate surface area is 287 Å². The first-order chi connectivity index (χ1) is 22.8. The molecule has 47 heavy (non-hydrogen) atoms. The van der Waals surface area contributed by atoms with Crippen LogP contribution in [0.25, 0.3) is 6.08 Å². The summed E-state index contributed by atoms with van der Waals surface area (Å²) in [5, 5.41) is 8.47. The minimum atomic E-state index is -0.615. The molecule has 1 unspecified atom stereocenters. The molecule has 7 nitrogen and oxygen atoms in total. The average molecular weight is 683 g/mol. The summed E-state index contributed by atoms with van der Waals surface area (Å²) < 4.78 is 5.44. The van der Waals surface area contributed by atoms with Crippen molar-refractivity contribution in [2.75, 3.05) is 17.7 Å². The first kappa shape index (κ1) is 33.3. The van der Waals surface area contributed by atoms with Gasteiger partial charge in [0.1, 0.15) is 16.7 Å². The third-order valence-corrected chi connectivity index (χ3v) is 8.97. The number of rotatable bonds is 11. The van der Waals surface area contributed by atoms with E-state index in [9.17, 15) is 14.4 Å². The lowest BCUT2D eigenvalue weighted by atomic mass is 10.1. The molecular weight excluding hydrogens is 653 g/mol. The zero-order valence-corrected chi connectivity index (χ0v) is 27.4. The van der Waals surface area contributed by atoms with E-state index in [2.05, 4.69) is 16.0 Å². The van der Waals surface area contributed by atoms with Crippen molar-refractivity contribution in [3.63, 3.8) is 0 Å². The smallest absolute Gasteiger partial charge is 0.272 e. The summed E-state index contributed by atoms with van der Waals surface area (Å²) in [5.74, 6) is -0.690. The Balaban J connectivity index is 1.35. The van der Waals surface area contributed by atoms with Gasteiger partial charge in [0, 0.05) is 21.7 Å². The molecule has 236 valence electrons. The van der Waals surface area contributed by atoms with Crippen LogP contribution >= 0.6 is 35.0 Å². The van der Waals surface area contributed by atoms with Crippen molar-refractivity contribution in [1.82, 2.24) is 5.32 Å². The first-order valence-electron chi connectivity index (χ1n) is 14.4. The average Bonchev–Trinajstić information content (AvgIpc) is 3.10. The van der Waals surface area contributed by atoms with Crippen molar-refractivity contribution in [3.8, 4) is 5.75 Å². The lowest BCUT2D eigenvalue weighted by Gasteiger charge is -2.18. The van der Waals surface area contributed by atoms with E-state index in [-0.39, 0.29) is 16.6 Å². The molecule has 3 N–H and O–H groups in total. The predicted molar refractivity (Wildman–Crippen MR) is 190 cm³/mol. The highest BCUT2D eigenvalue weighted by Gasteiger charge is 2.23. The highest BCUT2D eigenvalue weighted by Crippen LogP contribution is 2.38. The molecule has 0 spiro atoms. The van der Waals surface area contributed by atoms with Gasteiger partial charge in [0.25, 0.3) is 11.8 Å². The van der Waals surface area contributed by atoms with Crippen LogP contribution in [-0.2, 0) is 9.59 Å². The number of anilines is 2. The molecule has 0 aliphatic rings. The number of benzene rings is 5. The van der Waals surface area contributed by atoms with Gasteiger partial charge in [0.15, 0.2) is 0 Å². The highest BCUT2D eigenvalue weighted by atomic mass is 35.5. The van der Waals surface area contributed by atoms with Gasteiger partial charge >= 0.3 is 0 Å². The third-order valence-electron chi connectivity index (χ3n) is 6.88. The fourth-order valence-electron chi connectivity index (χ4n) is 4.53. The molecule has 0 aliphatic heterocycles. The molecule has 1 atom stereocenters. The van der Waals surface area contributed by atoms with Gasteiger partial charge in [-0.2, -0.15) is 0 Å². The summed E-state index contributed by atoms with van der Waals surface area (Å²) in [6.07, 6.45) is 1.56. The minimum absolute atomic E-state index is 0.0299. The maximum atomic E-state index is 13.5. The van der Waals surface area contributed by atoms with E-state index in [4.69, 9.17) is 27.9 Å². The summed E-state index contributed by atoms with van der Waals surface area (Å²) in [6, 6.07) is 37.3. The molecule has 5 rings (SSSR count). The Hall–Kier alpha value is -5.02. The predicted octanol–water partition coefficient (Wildman–Crippen LogP) is 8.88. The van der Waals surface area contributed by atoms with Crippen molar-refractivity contribution >= 4 is 70.1 Å². The fourth-order valence-corrected chi connectivity index (χ4v) is 5.91. The zero-order valence-electron chi connectivity index (χ0n) is 25.1. The summed E-state index contributed by atoms with van der Waals surface area (Å²) in [5.41, 5.74) is 2.76. The van der Waals surface area contributed by atoms with Gasteiger partial charge in [-0.1, -0.05) is 96.0 Å². The van der Waals surface area contributed by atoms with Crippen molar-refractivity contribution in [3.05, 3.63) is 160 Å². The number of nitrogens with one attached hydrogen (secondary N) is 3. The number of amides is 3. The number of ether oxygens (including phenoxy) is 1. The molecule has 0 aliphatic carbocycles. The number of thioether (sulfide) groups is 1. The number of hydrogen-bond acceptors (Lipinski definition) is 5. The second-order valence-corrected chi connectivity index (χ2v) is 12.1. The summed E-state index contributed by atoms with van der Waals surface area (Å²) in [4.78, 5) is 40.8. The molecule has 0 fully saturated rings. The molecule has 5 aromatic rings. The van der Waals surface area contributed by atoms with Crippen molar-refractivity contribution < 1.29 is 19.1 Å². The molecule has 0 saturated carbocycles. The van der Waals surface area contributed by atoms with Crippen LogP contribution in [0.5, 0.6) is 5.75 Å². The maximum absolute atomic E-state index is 13.5. The quantitative estimate of drug-likeness (QED) is 0.0956. The molecule has 0 saturated heterocycles. The van der Waals surface area contributed by atoms with E-state index >= 15 is 0 Å². The largest absolute Gasteiger partial charge is 0.496 e. The van der Waals surface area contributed by atoms with Crippen LogP contribution in [-0.4, -0.2) is 24.8 Å². The van der Waals surface area contributed by atoms with Gasteiger partial charge in [-0.3, -0.25) is 14.4 Å². The van der Waals surface area contributed by atoms with Crippen molar-refractivity contribution in [2.45, 2.75) is 10.1 Å². The Kier molecular flexibility index (Phi) is 11.4. The molecule has 0 bridgehead atoms. The summed E-state index contributed by atoms with van der Waals surface area (Å²) >= 11 is 13.8. The van der Waals surface area contributed by atoms with Gasteiger partial charge in [-0.05, 0) is 66.2 Å². The number of carbonyl (C=O) groups is 3. The summed E-state index contributed by atoms with van der Waals surface area (Å²) in [6.45, 7) is 0. The summed E-state index contributed by atoms with van der Waals surface area (Å²) in [7, 11) is 1.53. The number of hydrogen-bond donors (Lipinski definition) is 3. The van der Waals surface area contributed by atoms with Crippen LogP contribution in [0.4, 0.5) is 11.4 Å². The van der Waals surface area contributed by atoms with Crippen molar-refractivity contribution in [1.29, 1.82) is 0 Å². The number of methoxy groups -OCH3 is 1. The van der Waals surface area contributed by atoms with Crippen LogP contribution in [0, 0.1) is 0 Å². The second-order valence-electron chi connectivity index (χ2n) is 10.1. The van der Waals surface area contributed by atoms with Gasteiger partial charge in [-0.25, -0.2) is 0 Å². The Morgan fingerprint density at radius 1 is 0.745 bits per heavy atom. The Bertz CT molecular complexity index is 1900. The molecular formula is C37H29Cl2N3O4S. The van der Waals surface area contributed by atoms with E-state index in [0.717, 1.165) is 10.5 Å². The SMILES string of the molecule is COc1ccccc1/C=C(\NC(=O)c1ccccc1)C(=O)Nc1ccc(SC(C(=O)Nc2cccc(Cl)c2Cl)c2ccccc2)cc1. The van der Waals surface area contributed by atoms with Crippen LogP contribution in [0.3, 0.4) is 0 Å². The van der Waals surface area contributed by atoms with E-state index in [1.807, 2.05) is 54.6 Å². The van der Waals surface area contributed by atoms with E-state index in [1.165, 1.54) is 18.9 Å². The Morgan fingerprint density at radius 3 is 2.11 bits per heavy atom. The maximum Gasteiger partial charge on any atom is 0.272 e. The normalized spacial score (nSPS) is 11.7. The second kappa shape index (κ2) is 16.0. The third kappa shape index (κ3) is 8.83. The Morgan fingerprint density at radius 2 is 1.40 bits per heavy atom. The lowest BCUT2D eigenvalue weighted by Crippen LogP contribution is -2.30. The van der Waals surface area contributed by atoms with Gasteiger partial charge in [-0.15, -0.1) is 11.8 Å². The van der Waals surface area contributed by atoms with E-state index in [0.29, 0.717) is 33.3 Å². The molecule has 0 heterocycles. The minimum Gasteiger partial charge on any atom is -0.496 e. The van der Waals surface area contributed by atoms with Crippen LogP contribution in [0.2, 0.25) is 10.0 Å². The molecule has 3 amide bonds. The van der Waals surface area contributed by atoms with E-state index < -0.39 is 17.1 Å². The van der Waals surface area contributed by atoms with Gasteiger partial charge in [0.05, 0.1) is 22.8 Å². The topological polar surface area (TPSA) is 96.5 Å². The highest BCUT2D eigenvalue weighted by molar-refractivity contribution is 8.00. The number of halogens is 2. The molecule has 0 radical (unpaired) electrons. The standard InChI is InChI=1S/C37H29Cl2N3O4S/c1-46-32-18-9-8-15-26(32)23-31(42-35(43)25-13-6-3-7-14-25)36(44)40-27-19-21-28(22-20-27)47-34(24-11-4-2-5-12-24)37(45)41-30-17-10-16-29(38)33(30)39/h2-23,34H,1H3,(H,40,44)(H,41,45)(H,42,43)/b31-23-. The molecule has 5 aromatic carbocycles. The number of carbonyl (C=O) groups excluding carboxylic acids is 3. The van der Waals surface area contributed by atoms with Gasteiger partial charge in [0.2, 0.25) is 5.91 Å². The van der Waals surface area contributed by atoms with Crippen LogP contribution in [0.1, 0.15) is 26.7 Å². The zero-order chi connectivity index (χ0) is 33.2. The van der Waals surface area contributed by atoms with E-state index in [1.54, 1.807) is 78.9 Å². The molecule has 0 aromatic heterocycles. The molecule has 10 heteroatoms. The number of para-hydroxylation sites is 1. The fraction of sp³-hybridized carbons (Fsp3) is 0.0541. The van der Waals surface area contributed by atoms with Crippen LogP contribution in [0.15, 0.2) is 138 Å². The van der Waals surface area contributed by atoms with Crippen LogP contribution < -0.4 is 20.7 Å². The van der Waals surface area contributed by atoms with Gasteiger partial charge < -0.3 is 20.7 Å². The lowest BCUT2D eigenvalue weighted by molar-refractivity contribution is -0.116. The monoisotopic (exact) mass is 681 g/mol. The first-order valence-corrected chi connectivity index (χ1v) is 16.0.